The van der Waals surface area contributed by atoms with E-state index in [1.54, 1.807) is 0 Å². The van der Waals surface area contributed by atoms with Gasteiger partial charge in [-0.1, -0.05) is 15.9 Å². The predicted molar refractivity (Wildman–Crippen MR) is 41.8 cm³/mol. The highest BCUT2D eigenvalue weighted by Crippen LogP contribution is 2.23. The molecule has 0 bridgehead atoms. The number of halogens is 1. The molecule has 1 atom stereocenters. The molecule has 0 radical (unpaired) electrons. The summed E-state index contributed by atoms with van der Waals surface area (Å²) in [7, 11) is 0. The van der Waals surface area contributed by atoms with Crippen LogP contribution in [0, 0.1) is 0 Å². The number of carbonyl (C=O) groups is 2. The summed E-state index contributed by atoms with van der Waals surface area (Å²) in [5.74, 6) is -2.03. The van der Waals surface area contributed by atoms with E-state index in [1.807, 2.05) is 0 Å². The Kier molecular flexibility index (Phi) is 3.51. The Bertz CT molecular complexity index is 175. The van der Waals surface area contributed by atoms with Crippen LogP contribution >= 0.6 is 15.9 Å². The van der Waals surface area contributed by atoms with E-state index in [2.05, 4.69) is 15.9 Å². The Morgan fingerprint density at radius 2 is 1.91 bits per heavy atom. The van der Waals surface area contributed by atoms with Crippen LogP contribution in [0.2, 0.25) is 0 Å². The van der Waals surface area contributed by atoms with E-state index in [1.165, 1.54) is 6.92 Å². The minimum Gasteiger partial charge on any atom is -0.481 e. The van der Waals surface area contributed by atoms with Gasteiger partial charge >= 0.3 is 11.9 Å². The summed E-state index contributed by atoms with van der Waals surface area (Å²) >= 11 is 2.91. The number of aliphatic carboxylic acids is 2. The summed E-state index contributed by atoms with van der Waals surface area (Å²) in [6.45, 7) is 1.43. The molecule has 11 heavy (non-hydrogen) atoms. The largest absolute Gasteiger partial charge is 0.481 e. The maximum Gasteiger partial charge on any atom is 0.320 e. The fourth-order valence-corrected chi connectivity index (χ4v) is 0.647. The van der Waals surface area contributed by atoms with Gasteiger partial charge in [-0.15, -0.1) is 0 Å². The number of carboxylic acid groups (broad SMARTS) is 2. The molecule has 0 aliphatic carbocycles. The molecule has 0 saturated carbocycles. The Hall–Kier alpha value is -0.580. The van der Waals surface area contributed by atoms with E-state index in [0.717, 1.165) is 0 Å². The van der Waals surface area contributed by atoms with Crippen LogP contribution < -0.4 is 0 Å². The van der Waals surface area contributed by atoms with Gasteiger partial charge in [-0.25, -0.2) is 0 Å². The Morgan fingerprint density at radius 3 is 2.18 bits per heavy atom. The smallest absolute Gasteiger partial charge is 0.320 e. The third kappa shape index (κ3) is 3.98. The third-order valence-corrected chi connectivity index (χ3v) is 1.99. The van der Waals surface area contributed by atoms with Crippen molar-refractivity contribution < 1.29 is 19.8 Å². The fourth-order valence-electron chi connectivity index (χ4n) is 0.449. The van der Waals surface area contributed by atoms with Crippen molar-refractivity contribution in [1.29, 1.82) is 0 Å². The lowest BCUT2D eigenvalue weighted by Gasteiger charge is -2.14. The molecular formula is C6H9BrO4. The Labute approximate surface area is 72.3 Å². The monoisotopic (exact) mass is 224 g/mol. The minimum absolute atomic E-state index is 0.0810. The van der Waals surface area contributed by atoms with E-state index in [9.17, 15) is 9.59 Å². The summed E-state index contributed by atoms with van der Waals surface area (Å²) in [4.78, 5) is 20.4. The molecule has 0 amide bonds. The van der Waals surface area contributed by atoms with Crippen molar-refractivity contribution in [1.82, 2.24) is 0 Å². The topological polar surface area (TPSA) is 74.6 Å². The molecule has 0 fully saturated rings. The van der Waals surface area contributed by atoms with Crippen LogP contribution in [0.25, 0.3) is 0 Å². The number of rotatable bonds is 4. The normalized spacial score (nSPS) is 15.5. The van der Waals surface area contributed by atoms with Gasteiger partial charge in [0.15, 0.2) is 0 Å². The molecule has 0 aromatic heterocycles. The molecule has 0 aliphatic rings. The van der Waals surface area contributed by atoms with Crippen molar-refractivity contribution in [2.24, 2.45) is 0 Å². The van der Waals surface area contributed by atoms with Crippen LogP contribution in [0.15, 0.2) is 0 Å². The van der Waals surface area contributed by atoms with Gasteiger partial charge in [-0.05, 0) is 13.3 Å². The summed E-state index contributed by atoms with van der Waals surface area (Å²) in [6, 6.07) is 0. The van der Waals surface area contributed by atoms with Crippen molar-refractivity contribution in [2.75, 3.05) is 0 Å². The Balaban J connectivity index is 3.92. The predicted octanol–water partition coefficient (Wildman–Crippen LogP) is 1.09. The highest BCUT2D eigenvalue weighted by Gasteiger charge is 2.29. The van der Waals surface area contributed by atoms with Crippen LogP contribution in [-0.4, -0.2) is 26.5 Å². The van der Waals surface area contributed by atoms with Gasteiger partial charge in [0.25, 0.3) is 0 Å². The van der Waals surface area contributed by atoms with Crippen molar-refractivity contribution in [3.05, 3.63) is 0 Å². The highest BCUT2D eigenvalue weighted by atomic mass is 79.9. The van der Waals surface area contributed by atoms with Gasteiger partial charge in [0.1, 0.15) is 4.32 Å². The van der Waals surface area contributed by atoms with Gasteiger partial charge in [0.05, 0.1) is 0 Å². The van der Waals surface area contributed by atoms with Gasteiger partial charge in [-0.3, -0.25) is 9.59 Å². The van der Waals surface area contributed by atoms with Gasteiger partial charge in [-0.2, -0.15) is 0 Å². The summed E-state index contributed by atoms with van der Waals surface area (Å²) in [5.41, 5.74) is 0. The second-order valence-electron chi connectivity index (χ2n) is 2.40. The molecule has 4 nitrogen and oxygen atoms in total. The second kappa shape index (κ2) is 3.71. The van der Waals surface area contributed by atoms with Crippen LogP contribution in [0.3, 0.4) is 0 Å². The first-order valence-electron chi connectivity index (χ1n) is 3.00. The number of alkyl halides is 1. The zero-order valence-electron chi connectivity index (χ0n) is 6.00. The second-order valence-corrected chi connectivity index (χ2v) is 4.15. The first-order chi connectivity index (χ1) is 4.86. The molecule has 0 aliphatic heterocycles. The van der Waals surface area contributed by atoms with E-state index >= 15 is 0 Å². The van der Waals surface area contributed by atoms with E-state index < -0.39 is 16.3 Å². The van der Waals surface area contributed by atoms with Crippen LogP contribution in [0.4, 0.5) is 0 Å². The summed E-state index contributed by atoms with van der Waals surface area (Å²) in [6.07, 6.45) is -0.0638. The quantitative estimate of drug-likeness (QED) is 0.702. The third-order valence-electron chi connectivity index (χ3n) is 1.25. The molecule has 0 rings (SSSR count). The fraction of sp³-hybridized carbons (Fsp3) is 0.667. The van der Waals surface area contributed by atoms with Crippen molar-refractivity contribution >= 4 is 27.9 Å². The molecule has 64 valence electrons. The molecule has 0 spiro atoms. The Morgan fingerprint density at radius 1 is 1.45 bits per heavy atom. The standard InChI is InChI=1S/C6H9BrO4/c1-6(7,5(10)11)3-2-4(8)9/h2-3H2,1H3,(H,8,9)(H,10,11). The van der Waals surface area contributed by atoms with Crippen LogP contribution in [0.5, 0.6) is 0 Å². The van der Waals surface area contributed by atoms with Gasteiger partial charge in [0.2, 0.25) is 0 Å². The summed E-state index contributed by atoms with van der Waals surface area (Å²) in [5, 5.41) is 16.8. The average molecular weight is 225 g/mol. The molecule has 0 aromatic rings. The first-order valence-corrected chi connectivity index (χ1v) is 3.79. The minimum atomic E-state index is -1.12. The van der Waals surface area contributed by atoms with Crippen molar-refractivity contribution in [3.63, 3.8) is 0 Å². The van der Waals surface area contributed by atoms with E-state index in [0.29, 0.717) is 0 Å². The van der Waals surface area contributed by atoms with Crippen molar-refractivity contribution in [3.8, 4) is 0 Å². The number of carboxylic acids is 2. The molecule has 2 N–H and O–H groups in total. The van der Waals surface area contributed by atoms with E-state index in [4.69, 9.17) is 10.2 Å². The number of hydrogen-bond acceptors (Lipinski definition) is 2. The molecular weight excluding hydrogens is 216 g/mol. The lowest BCUT2D eigenvalue weighted by atomic mass is 10.1. The maximum absolute atomic E-state index is 10.4. The highest BCUT2D eigenvalue weighted by molar-refractivity contribution is 9.10. The first kappa shape index (κ1) is 10.4. The van der Waals surface area contributed by atoms with Crippen LogP contribution in [-0.2, 0) is 9.59 Å². The number of hydrogen-bond donors (Lipinski definition) is 2. The molecule has 0 heterocycles. The summed E-state index contributed by atoms with van der Waals surface area (Å²) < 4.78 is -1.12. The van der Waals surface area contributed by atoms with Gasteiger partial charge < -0.3 is 10.2 Å². The van der Waals surface area contributed by atoms with Gasteiger partial charge in [0, 0.05) is 6.42 Å². The SMILES string of the molecule is CC(Br)(CCC(=O)O)C(=O)O. The van der Waals surface area contributed by atoms with Crippen molar-refractivity contribution in [2.45, 2.75) is 24.1 Å². The lowest BCUT2D eigenvalue weighted by Crippen LogP contribution is -2.28. The molecule has 0 saturated heterocycles. The molecule has 5 heteroatoms. The van der Waals surface area contributed by atoms with Crippen LogP contribution in [0.1, 0.15) is 19.8 Å². The maximum atomic E-state index is 10.4. The molecule has 1 unspecified atom stereocenters. The zero-order valence-corrected chi connectivity index (χ0v) is 7.59. The molecule has 0 aromatic carbocycles. The lowest BCUT2D eigenvalue weighted by molar-refractivity contribution is -0.140. The zero-order chi connectivity index (χ0) is 9.07. The van der Waals surface area contributed by atoms with E-state index in [-0.39, 0.29) is 12.8 Å². The average Bonchev–Trinajstić information content (AvgIpc) is 1.84.